The number of nitrogens with zero attached hydrogens (tertiary/aromatic N) is 1. The van der Waals surface area contributed by atoms with Gasteiger partial charge in [0.05, 0.1) is 12.0 Å². The number of aliphatic carboxylic acids is 1. The summed E-state index contributed by atoms with van der Waals surface area (Å²) in [4.78, 5) is 24.7. The summed E-state index contributed by atoms with van der Waals surface area (Å²) in [7, 11) is 1.56. The number of ether oxygens (including phenoxy) is 1. The second-order valence-corrected chi connectivity index (χ2v) is 5.70. The molecule has 2 N–H and O–H groups in total. The summed E-state index contributed by atoms with van der Waals surface area (Å²) in [5, 5.41) is 11.9. The van der Waals surface area contributed by atoms with Gasteiger partial charge in [-0.25, -0.2) is 9.59 Å². The molecule has 2 atom stereocenters. The molecule has 2 unspecified atom stereocenters. The number of carboxylic acid groups (broad SMARTS) is 1. The van der Waals surface area contributed by atoms with Crippen LogP contribution in [0.4, 0.5) is 4.79 Å². The first kappa shape index (κ1) is 13.5. The van der Waals surface area contributed by atoms with Gasteiger partial charge in [-0.1, -0.05) is 0 Å². The Labute approximate surface area is 110 Å². The minimum absolute atomic E-state index is 0.0219. The smallest absolute Gasteiger partial charge is 0.327 e. The molecule has 7 heteroatoms. The number of methoxy groups -OCH3 is 1. The lowest BCUT2D eigenvalue weighted by Crippen LogP contribution is -2.51. The van der Waals surface area contributed by atoms with Crippen LogP contribution in [0.1, 0.15) is 12.8 Å². The van der Waals surface area contributed by atoms with Crippen molar-refractivity contribution >= 4 is 23.8 Å². The van der Waals surface area contributed by atoms with Crippen LogP contribution in [0.15, 0.2) is 0 Å². The Morgan fingerprint density at radius 1 is 1.50 bits per heavy atom. The largest absolute Gasteiger partial charge is 0.480 e. The molecule has 1 aliphatic heterocycles. The summed E-state index contributed by atoms with van der Waals surface area (Å²) < 4.78 is 4.86. The van der Waals surface area contributed by atoms with E-state index < -0.39 is 12.0 Å². The van der Waals surface area contributed by atoms with Crippen molar-refractivity contribution in [1.82, 2.24) is 10.2 Å². The Balaban J connectivity index is 1.98. The fraction of sp³-hybridized carbons (Fsp3) is 0.818. The number of hydrogen-bond acceptors (Lipinski definition) is 4. The molecule has 0 aromatic carbocycles. The molecule has 2 fully saturated rings. The van der Waals surface area contributed by atoms with Crippen molar-refractivity contribution in [2.45, 2.75) is 24.3 Å². The van der Waals surface area contributed by atoms with E-state index in [0.717, 1.165) is 12.8 Å². The number of carbonyl (C=O) groups excluding carboxylic acids is 1. The molecule has 102 valence electrons. The van der Waals surface area contributed by atoms with E-state index in [1.807, 2.05) is 0 Å². The summed E-state index contributed by atoms with van der Waals surface area (Å²) in [5.74, 6) is 0.0221. The molecule has 0 aromatic heterocycles. The lowest BCUT2D eigenvalue weighted by molar-refractivity contribution is -0.141. The van der Waals surface area contributed by atoms with Gasteiger partial charge in [0.1, 0.15) is 6.04 Å². The molecule has 1 saturated heterocycles. The molecule has 0 spiro atoms. The highest BCUT2D eigenvalue weighted by molar-refractivity contribution is 8.00. The zero-order valence-electron chi connectivity index (χ0n) is 10.3. The third kappa shape index (κ3) is 2.89. The number of urea groups is 1. The monoisotopic (exact) mass is 274 g/mol. The molecule has 6 nitrogen and oxygen atoms in total. The topological polar surface area (TPSA) is 78.9 Å². The van der Waals surface area contributed by atoms with Gasteiger partial charge in [-0.05, 0) is 18.8 Å². The van der Waals surface area contributed by atoms with E-state index in [9.17, 15) is 9.59 Å². The minimum Gasteiger partial charge on any atom is -0.480 e. The van der Waals surface area contributed by atoms with Gasteiger partial charge in [0.25, 0.3) is 0 Å². The van der Waals surface area contributed by atoms with Gasteiger partial charge in [0.15, 0.2) is 0 Å². The first-order valence-electron chi connectivity index (χ1n) is 6.04. The maximum atomic E-state index is 12.1. The maximum absolute atomic E-state index is 12.1. The average molecular weight is 274 g/mol. The van der Waals surface area contributed by atoms with Crippen LogP contribution >= 0.6 is 11.8 Å². The Hall–Kier alpha value is -0.950. The van der Waals surface area contributed by atoms with Crippen molar-refractivity contribution in [2.24, 2.45) is 5.92 Å². The predicted octanol–water partition coefficient (Wildman–Crippen LogP) is 0.581. The first-order valence-corrected chi connectivity index (χ1v) is 7.09. The zero-order chi connectivity index (χ0) is 13.1. The van der Waals surface area contributed by atoms with Crippen LogP contribution in [0.5, 0.6) is 0 Å². The number of carboxylic acids is 1. The van der Waals surface area contributed by atoms with Crippen molar-refractivity contribution in [3.63, 3.8) is 0 Å². The molecule has 0 radical (unpaired) electrons. The van der Waals surface area contributed by atoms with Crippen LogP contribution < -0.4 is 5.32 Å². The highest BCUT2D eigenvalue weighted by atomic mass is 32.2. The lowest BCUT2D eigenvalue weighted by atomic mass is 10.2. The van der Waals surface area contributed by atoms with Crippen molar-refractivity contribution in [3.05, 3.63) is 0 Å². The average Bonchev–Trinajstić information content (AvgIpc) is 3.07. The van der Waals surface area contributed by atoms with Gasteiger partial charge in [0, 0.05) is 19.4 Å². The van der Waals surface area contributed by atoms with Crippen LogP contribution in [0.25, 0.3) is 0 Å². The van der Waals surface area contributed by atoms with Gasteiger partial charge in [-0.2, -0.15) is 0 Å². The number of nitrogens with one attached hydrogen (secondary N) is 1. The Bertz CT molecular complexity index is 335. The molecule has 1 saturated carbocycles. The number of rotatable bonds is 5. The third-order valence-electron chi connectivity index (χ3n) is 3.16. The molecular formula is C11H18N2O4S. The van der Waals surface area contributed by atoms with Gasteiger partial charge in [-0.3, -0.25) is 4.90 Å². The minimum atomic E-state index is -0.924. The molecule has 1 aliphatic carbocycles. The number of carbonyl (C=O) groups is 2. The van der Waals surface area contributed by atoms with Crippen molar-refractivity contribution in [3.8, 4) is 0 Å². The van der Waals surface area contributed by atoms with Crippen LogP contribution in [-0.4, -0.2) is 59.4 Å². The van der Waals surface area contributed by atoms with E-state index in [1.165, 1.54) is 4.90 Å². The van der Waals surface area contributed by atoms with Gasteiger partial charge in [0.2, 0.25) is 0 Å². The number of amides is 2. The summed E-state index contributed by atoms with van der Waals surface area (Å²) in [6.07, 6.45) is 2.18. The summed E-state index contributed by atoms with van der Waals surface area (Å²) in [6.45, 7) is 0.832. The van der Waals surface area contributed by atoms with Crippen molar-refractivity contribution < 1.29 is 19.4 Å². The van der Waals surface area contributed by atoms with Crippen LogP contribution in [0.2, 0.25) is 0 Å². The maximum Gasteiger partial charge on any atom is 0.327 e. The molecule has 2 rings (SSSR count). The Kier molecular flexibility index (Phi) is 4.34. The van der Waals surface area contributed by atoms with Crippen molar-refractivity contribution in [2.75, 3.05) is 26.0 Å². The summed E-state index contributed by atoms with van der Waals surface area (Å²) in [5.41, 5.74) is 0. The molecular weight excluding hydrogens is 256 g/mol. The van der Waals surface area contributed by atoms with E-state index >= 15 is 0 Å². The van der Waals surface area contributed by atoms with E-state index in [-0.39, 0.29) is 11.4 Å². The van der Waals surface area contributed by atoms with E-state index in [2.05, 4.69) is 5.32 Å². The summed E-state index contributed by atoms with van der Waals surface area (Å²) in [6, 6.07) is -0.996. The third-order valence-corrected chi connectivity index (χ3v) is 4.62. The normalized spacial score (nSPS) is 27.3. The lowest BCUT2D eigenvalue weighted by Gasteiger charge is -2.27. The van der Waals surface area contributed by atoms with Crippen LogP contribution in [-0.2, 0) is 9.53 Å². The predicted molar refractivity (Wildman–Crippen MR) is 67.5 cm³/mol. The zero-order valence-corrected chi connectivity index (χ0v) is 11.1. The van der Waals surface area contributed by atoms with Gasteiger partial charge < -0.3 is 15.2 Å². The molecule has 2 amide bonds. The van der Waals surface area contributed by atoms with Crippen LogP contribution in [0, 0.1) is 5.92 Å². The Morgan fingerprint density at radius 2 is 2.22 bits per heavy atom. The highest BCUT2D eigenvalue weighted by Gasteiger charge is 2.47. The number of hydrogen-bond donors (Lipinski definition) is 2. The standard InChI is InChI=1S/C11H18N2O4S/c1-17-5-4-12-11(16)13-8(10(14)15)6-18-9(13)7-2-3-7/h7-9H,2-6H2,1H3,(H,12,16)(H,14,15). The fourth-order valence-corrected chi connectivity index (χ4v) is 3.70. The van der Waals surface area contributed by atoms with Gasteiger partial charge in [-0.15, -0.1) is 11.8 Å². The number of thioether (sulfide) groups is 1. The molecule has 0 aromatic rings. The van der Waals surface area contributed by atoms with E-state index in [4.69, 9.17) is 9.84 Å². The Morgan fingerprint density at radius 3 is 2.78 bits per heavy atom. The van der Waals surface area contributed by atoms with Crippen LogP contribution in [0.3, 0.4) is 0 Å². The molecule has 2 aliphatic rings. The van der Waals surface area contributed by atoms with E-state index in [0.29, 0.717) is 24.8 Å². The first-order chi connectivity index (χ1) is 8.65. The SMILES string of the molecule is COCCNC(=O)N1C(C(=O)O)CSC1C1CC1. The van der Waals surface area contributed by atoms with Gasteiger partial charge >= 0.3 is 12.0 Å². The molecule has 18 heavy (non-hydrogen) atoms. The summed E-state index contributed by atoms with van der Waals surface area (Å²) >= 11 is 1.58. The van der Waals surface area contributed by atoms with E-state index in [1.54, 1.807) is 18.9 Å². The second-order valence-electron chi connectivity index (χ2n) is 4.55. The highest BCUT2D eigenvalue weighted by Crippen LogP contribution is 2.45. The molecule has 1 heterocycles. The molecule has 0 bridgehead atoms. The fourth-order valence-electron chi connectivity index (χ4n) is 2.07. The second kappa shape index (κ2) is 5.79. The quantitative estimate of drug-likeness (QED) is 0.717. The van der Waals surface area contributed by atoms with Crippen molar-refractivity contribution in [1.29, 1.82) is 0 Å².